The quantitative estimate of drug-likeness (QED) is 0.535. The van der Waals surface area contributed by atoms with Gasteiger partial charge in [0.2, 0.25) is 0 Å². The molecule has 154 valence electrons. The van der Waals surface area contributed by atoms with Crippen LogP contribution >= 0.6 is 0 Å². The summed E-state index contributed by atoms with van der Waals surface area (Å²) in [6.45, 7) is -0.183. The van der Waals surface area contributed by atoms with Crippen molar-refractivity contribution in [1.29, 1.82) is 0 Å². The van der Waals surface area contributed by atoms with E-state index in [0.29, 0.717) is 12.1 Å². The topological polar surface area (TPSA) is 55.8 Å². The Balaban J connectivity index is 1.79. The second-order valence-corrected chi connectivity index (χ2v) is 5.93. The van der Waals surface area contributed by atoms with Crippen molar-refractivity contribution in [2.24, 2.45) is 0 Å². The van der Waals surface area contributed by atoms with Crippen LogP contribution in [0.1, 0.15) is 26.3 Å². The van der Waals surface area contributed by atoms with Crippen LogP contribution in [0, 0.1) is 0 Å². The fourth-order valence-electron chi connectivity index (χ4n) is 2.80. The molecular formula is C18H11F6NO4. The molecule has 1 aliphatic rings. The van der Waals surface area contributed by atoms with Crippen molar-refractivity contribution in [2.45, 2.75) is 19.1 Å². The number of carbonyl (C=O) groups excluding carboxylic acids is 2. The number of rotatable bonds is 5. The van der Waals surface area contributed by atoms with Gasteiger partial charge in [-0.3, -0.25) is 14.5 Å². The number of benzene rings is 2. The highest BCUT2D eigenvalue weighted by atomic mass is 19.4. The fourth-order valence-corrected chi connectivity index (χ4v) is 2.80. The van der Waals surface area contributed by atoms with Crippen LogP contribution in [0.15, 0.2) is 42.5 Å². The normalized spacial score (nSPS) is 14.2. The minimum Gasteiger partial charge on any atom is -0.402 e. The van der Waals surface area contributed by atoms with Gasteiger partial charge in [-0.05, 0) is 36.2 Å². The average molecular weight is 419 g/mol. The second kappa shape index (κ2) is 7.30. The summed E-state index contributed by atoms with van der Waals surface area (Å²) in [5.41, 5.74) is 0.510. The number of carbonyl (C=O) groups is 2. The van der Waals surface area contributed by atoms with Gasteiger partial charge in [-0.1, -0.05) is 18.2 Å². The zero-order valence-electron chi connectivity index (χ0n) is 14.3. The standard InChI is InChI=1S/C18H11F6NO4/c19-17(20,21)28-13-6-5-10(9-14(13)29-18(22,23)24)7-8-25-15(26)11-3-1-2-4-12(11)16(25)27/h1-6,9H,7-8H2. The molecular weight excluding hydrogens is 408 g/mol. The van der Waals surface area contributed by atoms with Crippen LogP contribution in [0.25, 0.3) is 0 Å². The Bertz CT molecular complexity index is 919. The summed E-state index contributed by atoms with van der Waals surface area (Å²) in [6, 6.07) is 8.56. The molecule has 11 heteroatoms. The summed E-state index contributed by atoms with van der Waals surface area (Å²) in [7, 11) is 0. The van der Waals surface area contributed by atoms with E-state index in [1.165, 1.54) is 12.1 Å². The monoisotopic (exact) mass is 419 g/mol. The van der Waals surface area contributed by atoms with E-state index in [9.17, 15) is 35.9 Å². The average Bonchev–Trinajstić information content (AvgIpc) is 2.84. The van der Waals surface area contributed by atoms with E-state index in [0.717, 1.165) is 11.0 Å². The van der Waals surface area contributed by atoms with Crippen molar-refractivity contribution in [2.75, 3.05) is 6.54 Å². The first-order chi connectivity index (χ1) is 13.4. The first-order valence-corrected chi connectivity index (χ1v) is 8.04. The zero-order chi connectivity index (χ0) is 21.4. The molecule has 3 rings (SSSR count). The minimum atomic E-state index is -5.25. The number of alkyl halides is 6. The third-order valence-corrected chi connectivity index (χ3v) is 3.96. The molecule has 29 heavy (non-hydrogen) atoms. The van der Waals surface area contributed by atoms with Gasteiger partial charge in [0.15, 0.2) is 11.5 Å². The molecule has 0 saturated carbocycles. The molecule has 0 atom stereocenters. The van der Waals surface area contributed by atoms with Gasteiger partial charge in [-0.15, -0.1) is 26.3 Å². The van der Waals surface area contributed by atoms with Gasteiger partial charge in [0.05, 0.1) is 11.1 Å². The van der Waals surface area contributed by atoms with E-state index in [2.05, 4.69) is 9.47 Å². The van der Waals surface area contributed by atoms with E-state index in [1.807, 2.05) is 0 Å². The smallest absolute Gasteiger partial charge is 0.402 e. The molecule has 1 heterocycles. The summed E-state index contributed by atoms with van der Waals surface area (Å²) in [6.07, 6.45) is -10.6. The van der Waals surface area contributed by atoms with Gasteiger partial charge < -0.3 is 9.47 Å². The van der Waals surface area contributed by atoms with Crippen LogP contribution in [-0.4, -0.2) is 36.0 Å². The number of fused-ring (bicyclic) bond motifs is 1. The Kier molecular flexibility index (Phi) is 5.16. The number of hydrogen-bond donors (Lipinski definition) is 0. The van der Waals surface area contributed by atoms with Crippen molar-refractivity contribution < 1.29 is 45.4 Å². The predicted octanol–water partition coefficient (Wildman–Crippen LogP) is 4.32. The van der Waals surface area contributed by atoms with Crippen molar-refractivity contribution in [3.05, 3.63) is 59.2 Å². The van der Waals surface area contributed by atoms with Gasteiger partial charge in [0, 0.05) is 6.54 Å². The number of nitrogens with zero attached hydrogens (tertiary/aromatic N) is 1. The van der Waals surface area contributed by atoms with Gasteiger partial charge in [-0.25, -0.2) is 0 Å². The van der Waals surface area contributed by atoms with Crippen molar-refractivity contribution >= 4 is 11.8 Å². The lowest BCUT2D eigenvalue weighted by molar-refractivity contribution is -0.287. The van der Waals surface area contributed by atoms with E-state index in [-0.39, 0.29) is 29.7 Å². The molecule has 0 fully saturated rings. The van der Waals surface area contributed by atoms with E-state index in [4.69, 9.17) is 0 Å². The Morgan fingerprint density at radius 2 is 1.28 bits per heavy atom. The summed E-state index contributed by atoms with van der Waals surface area (Å²) in [4.78, 5) is 25.5. The number of ether oxygens (including phenoxy) is 2. The van der Waals surface area contributed by atoms with Gasteiger partial charge in [-0.2, -0.15) is 0 Å². The Morgan fingerprint density at radius 1 is 0.759 bits per heavy atom. The highest BCUT2D eigenvalue weighted by Gasteiger charge is 2.37. The molecule has 0 radical (unpaired) electrons. The lowest BCUT2D eigenvalue weighted by Gasteiger charge is -2.17. The molecule has 0 unspecified atom stereocenters. The highest BCUT2D eigenvalue weighted by Crippen LogP contribution is 2.36. The molecule has 2 aromatic carbocycles. The third-order valence-electron chi connectivity index (χ3n) is 3.96. The van der Waals surface area contributed by atoms with Crippen molar-refractivity contribution in [1.82, 2.24) is 4.90 Å². The molecule has 5 nitrogen and oxygen atoms in total. The van der Waals surface area contributed by atoms with Gasteiger partial charge >= 0.3 is 12.7 Å². The SMILES string of the molecule is O=C1c2ccccc2C(=O)N1CCc1ccc(OC(F)(F)F)c(OC(F)(F)F)c1. The lowest BCUT2D eigenvalue weighted by Crippen LogP contribution is -2.31. The second-order valence-electron chi connectivity index (χ2n) is 5.93. The maximum absolute atomic E-state index is 12.5. The summed E-state index contributed by atoms with van der Waals surface area (Å²) in [5, 5.41) is 0. The van der Waals surface area contributed by atoms with Crippen LogP contribution in [-0.2, 0) is 6.42 Å². The minimum absolute atomic E-state index is 0.105. The third kappa shape index (κ3) is 4.79. The van der Waals surface area contributed by atoms with Gasteiger partial charge in [0.1, 0.15) is 0 Å². The fraction of sp³-hybridized carbons (Fsp3) is 0.222. The molecule has 2 amide bonds. The molecule has 2 aromatic rings. The van der Waals surface area contributed by atoms with E-state index >= 15 is 0 Å². The first-order valence-electron chi connectivity index (χ1n) is 8.04. The lowest BCUT2D eigenvalue weighted by atomic mass is 10.1. The predicted molar refractivity (Wildman–Crippen MR) is 85.3 cm³/mol. The molecule has 0 bridgehead atoms. The van der Waals surface area contributed by atoms with E-state index < -0.39 is 36.0 Å². The van der Waals surface area contributed by atoms with Crippen molar-refractivity contribution in [3.8, 4) is 11.5 Å². The maximum Gasteiger partial charge on any atom is 0.573 e. The first kappa shape index (κ1) is 20.5. The van der Waals surface area contributed by atoms with Crippen molar-refractivity contribution in [3.63, 3.8) is 0 Å². The van der Waals surface area contributed by atoms with Crippen LogP contribution in [0.3, 0.4) is 0 Å². The van der Waals surface area contributed by atoms with E-state index in [1.54, 1.807) is 12.1 Å². The molecule has 0 spiro atoms. The zero-order valence-corrected chi connectivity index (χ0v) is 14.3. The summed E-state index contributed by atoms with van der Waals surface area (Å²) in [5.74, 6) is -3.47. The Labute approximate surface area is 159 Å². The molecule has 0 saturated heterocycles. The number of halogens is 6. The number of imide groups is 1. The Morgan fingerprint density at radius 3 is 1.79 bits per heavy atom. The van der Waals surface area contributed by atoms with Gasteiger partial charge in [0.25, 0.3) is 11.8 Å². The number of amides is 2. The number of hydrogen-bond acceptors (Lipinski definition) is 4. The molecule has 0 aliphatic carbocycles. The summed E-state index contributed by atoms with van der Waals surface area (Å²) >= 11 is 0. The van der Waals surface area contributed by atoms with Crippen LogP contribution in [0.2, 0.25) is 0 Å². The summed E-state index contributed by atoms with van der Waals surface area (Å²) < 4.78 is 81.8. The van der Waals surface area contributed by atoms with Crippen LogP contribution < -0.4 is 9.47 Å². The van der Waals surface area contributed by atoms with Crippen LogP contribution in [0.5, 0.6) is 11.5 Å². The molecule has 1 aliphatic heterocycles. The largest absolute Gasteiger partial charge is 0.573 e. The molecule has 0 aromatic heterocycles. The maximum atomic E-state index is 12.5. The highest BCUT2D eigenvalue weighted by molar-refractivity contribution is 6.21. The molecule has 0 N–H and O–H groups in total. The Hall–Kier alpha value is -3.24. The van der Waals surface area contributed by atoms with Crippen LogP contribution in [0.4, 0.5) is 26.3 Å².